The summed E-state index contributed by atoms with van der Waals surface area (Å²) in [6, 6.07) is 16.4. The van der Waals surface area contributed by atoms with Crippen LogP contribution in [0.25, 0.3) is 0 Å². The van der Waals surface area contributed by atoms with Gasteiger partial charge in [-0.15, -0.1) is 0 Å². The number of hydrogen-bond donors (Lipinski definition) is 1. The molecule has 8 heteroatoms. The highest BCUT2D eigenvalue weighted by Gasteiger charge is 2.29. The number of fused-ring (bicyclic) bond motifs is 1. The highest BCUT2D eigenvalue weighted by molar-refractivity contribution is 7.89. The molecule has 0 atom stereocenters. The highest BCUT2D eigenvalue weighted by atomic mass is 32.2. The number of aryl methyl sites for hydroxylation is 2. The molecule has 0 aromatic heterocycles. The van der Waals surface area contributed by atoms with E-state index in [9.17, 15) is 17.6 Å². The van der Waals surface area contributed by atoms with Crippen LogP contribution in [-0.2, 0) is 23.1 Å². The predicted octanol–water partition coefficient (Wildman–Crippen LogP) is 3.96. The zero-order chi connectivity index (χ0) is 23.6. The first-order chi connectivity index (χ1) is 15.8. The summed E-state index contributed by atoms with van der Waals surface area (Å²) in [7, 11) is -3.75. The van der Waals surface area contributed by atoms with Gasteiger partial charge in [0.2, 0.25) is 10.0 Å². The Balaban J connectivity index is 1.56. The molecular formula is C25H25FN2O4S. The maximum absolute atomic E-state index is 13.8. The molecule has 0 radical (unpaired) electrons. The van der Waals surface area contributed by atoms with Crippen molar-refractivity contribution in [1.82, 2.24) is 9.62 Å². The molecule has 0 saturated heterocycles. The zero-order valence-corrected chi connectivity index (χ0v) is 19.3. The van der Waals surface area contributed by atoms with E-state index < -0.39 is 10.0 Å². The number of halogens is 1. The molecule has 1 aliphatic heterocycles. The van der Waals surface area contributed by atoms with E-state index >= 15 is 0 Å². The van der Waals surface area contributed by atoms with E-state index in [4.69, 9.17) is 4.74 Å². The van der Waals surface area contributed by atoms with Crippen molar-refractivity contribution in [2.24, 2.45) is 0 Å². The van der Waals surface area contributed by atoms with Gasteiger partial charge in [-0.25, -0.2) is 12.8 Å². The number of amides is 1. The second-order valence-corrected chi connectivity index (χ2v) is 9.96. The molecule has 1 amide bonds. The summed E-state index contributed by atoms with van der Waals surface area (Å²) in [4.78, 5) is 12.9. The Labute approximate surface area is 193 Å². The molecule has 3 aromatic carbocycles. The monoisotopic (exact) mass is 468 g/mol. The van der Waals surface area contributed by atoms with Crippen LogP contribution in [0.5, 0.6) is 5.75 Å². The van der Waals surface area contributed by atoms with E-state index in [1.54, 1.807) is 55.5 Å². The van der Waals surface area contributed by atoms with Crippen molar-refractivity contribution in [2.45, 2.75) is 31.8 Å². The molecule has 4 rings (SSSR count). The molecule has 1 heterocycles. The lowest BCUT2D eigenvalue weighted by molar-refractivity contribution is 0.0950. The Morgan fingerprint density at radius 3 is 2.64 bits per heavy atom. The average Bonchev–Trinajstić information content (AvgIpc) is 3.00. The second kappa shape index (κ2) is 9.33. The van der Waals surface area contributed by atoms with Crippen molar-refractivity contribution >= 4 is 15.9 Å². The molecule has 0 bridgehead atoms. The zero-order valence-electron chi connectivity index (χ0n) is 18.5. The molecule has 1 N–H and O–H groups in total. The largest absolute Gasteiger partial charge is 0.492 e. The summed E-state index contributed by atoms with van der Waals surface area (Å²) in [6.07, 6.45) is 0. The maximum atomic E-state index is 13.8. The Bertz CT molecular complexity index is 1310. The van der Waals surface area contributed by atoms with Gasteiger partial charge in [-0.3, -0.25) is 4.79 Å². The normalized spacial score (nSPS) is 14.2. The fourth-order valence-corrected chi connectivity index (χ4v) is 5.47. The van der Waals surface area contributed by atoms with E-state index in [1.807, 2.05) is 13.0 Å². The van der Waals surface area contributed by atoms with E-state index in [-0.39, 0.29) is 42.9 Å². The Morgan fingerprint density at radius 2 is 1.88 bits per heavy atom. The van der Waals surface area contributed by atoms with Gasteiger partial charge in [0.25, 0.3) is 5.91 Å². The van der Waals surface area contributed by atoms with Crippen molar-refractivity contribution in [3.05, 3.63) is 94.3 Å². The van der Waals surface area contributed by atoms with Crippen LogP contribution >= 0.6 is 0 Å². The summed E-state index contributed by atoms with van der Waals surface area (Å²) in [5, 5.41) is 2.71. The number of nitrogens with one attached hydrogen (secondary N) is 1. The van der Waals surface area contributed by atoms with Gasteiger partial charge in [0, 0.05) is 36.3 Å². The Hall–Kier alpha value is -3.23. The Morgan fingerprint density at radius 1 is 1.09 bits per heavy atom. The van der Waals surface area contributed by atoms with Gasteiger partial charge in [0.1, 0.15) is 18.2 Å². The topological polar surface area (TPSA) is 75.7 Å². The van der Waals surface area contributed by atoms with E-state index in [2.05, 4.69) is 5.32 Å². The fourth-order valence-electron chi connectivity index (χ4n) is 3.86. The van der Waals surface area contributed by atoms with Gasteiger partial charge >= 0.3 is 0 Å². The predicted molar refractivity (Wildman–Crippen MR) is 123 cm³/mol. The number of carbonyl (C=O) groups excluding carboxylic acids is 1. The number of sulfonamides is 1. The third kappa shape index (κ3) is 4.91. The molecule has 3 aromatic rings. The first-order valence-electron chi connectivity index (χ1n) is 10.6. The van der Waals surface area contributed by atoms with Crippen LogP contribution in [0.1, 0.15) is 32.6 Å². The summed E-state index contributed by atoms with van der Waals surface area (Å²) in [5.41, 5.74) is 3.00. The van der Waals surface area contributed by atoms with Crippen LogP contribution in [-0.4, -0.2) is 31.8 Å². The lowest BCUT2D eigenvalue weighted by atomic mass is 10.1. The van der Waals surface area contributed by atoms with Gasteiger partial charge in [-0.2, -0.15) is 4.31 Å². The highest BCUT2D eigenvalue weighted by Crippen LogP contribution is 2.29. The molecule has 0 unspecified atom stereocenters. The number of nitrogens with zero attached hydrogens (tertiary/aromatic N) is 1. The van der Waals surface area contributed by atoms with Crippen LogP contribution < -0.4 is 10.1 Å². The number of carbonyl (C=O) groups is 1. The lowest BCUT2D eigenvalue weighted by Gasteiger charge is -2.21. The van der Waals surface area contributed by atoms with E-state index in [1.165, 1.54) is 10.4 Å². The quantitative estimate of drug-likeness (QED) is 0.615. The smallest absolute Gasteiger partial charge is 0.251 e. The number of hydrogen-bond acceptors (Lipinski definition) is 4. The molecule has 0 spiro atoms. The summed E-state index contributed by atoms with van der Waals surface area (Å²) in [6.45, 7) is 4.22. The van der Waals surface area contributed by atoms with Crippen LogP contribution in [0, 0.1) is 19.7 Å². The van der Waals surface area contributed by atoms with Crippen LogP contribution in [0.15, 0.2) is 65.6 Å². The van der Waals surface area contributed by atoms with Crippen molar-refractivity contribution in [3.8, 4) is 5.75 Å². The molecule has 172 valence electrons. The van der Waals surface area contributed by atoms with E-state index in [0.717, 1.165) is 5.56 Å². The van der Waals surface area contributed by atoms with Crippen molar-refractivity contribution in [1.29, 1.82) is 0 Å². The van der Waals surface area contributed by atoms with Crippen molar-refractivity contribution < 1.29 is 22.3 Å². The molecule has 0 aliphatic carbocycles. The molecule has 33 heavy (non-hydrogen) atoms. The molecule has 0 saturated carbocycles. The van der Waals surface area contributed by atoms with Gasteiger partial charge in [0.05, 0.1) is 4.90 Å². The van der Waals surface area contributed by atoms with Crippen molar-refractivity contribution in [3.63, 3.8) is 0 Å². The van der Waals surface area contributed by atoms with Gasteiger partial charge in [0.15, 0.2) is 0 Å². The number of rotatable bonds is 5. The summed E-state index contributed by atoms with van der Waals surface area (Å²) >= 11 is 0. The maximum Gasteiger partial charge on any atom is 0.251 e. The van der Waals surface area contributed by atoms with Crippen LogP contribution in [0.4, 0.5) is 4.39 Å². The Kier molecular flexibility index (Phi) is 6.49. The third-order valence-corrected chi connectivity index (χ3v) is 7.62. The van der Waals surface area contributed by atoms with Crippen LogP contribution in [0.3, 0.4) is 0 Å². The second-order valence-electron chi connectivity index (χ2n) is 8.05. The SMILES string of the molecule is Cc1ccc(S(=O)(=O)N2CCOc3ccc(C(=O)NCc4ccccc4F)cc3C2)c(C)c1. The minimum Gasteiger partial charge on any atom is -0.492 e. The third-order valence-electron chi connectivity index (χ3n) is 5.61. The summed E-state index contributed by atoms with van der Waals surface area (Å²) < 4.78 is 47.6. The summed E-state index contributed by atoms with van der Waals surface area (Å²) in [5.74, 6) is -0.228. The lowest BCUT2D eigenvalue weighted by Crippen LogP contribution is -2.33. The van der Waals surface area contributed by atoms with E-state index in [0.29, 0.717) is 28.0 Å². The van der Waals surface area contributed by atoms with Crippen LogP contribution in [0.2, 0.25) is 0 Å². The standard InChI is InChI=1S/C25H25FN2O4S/c1-17-7-10-24(18(2)13-17)33(30,31)28-11-12-32-23-9-8-19(14-21(23)16-28)25(29)27-15-20-5-3-4-6-22(20)26/h3-10,13-14H,11-12,15-16H2,1-2H3,(H,27,29). The number of ether oxygens (including phenoxy) is 1. The van der Waals surface area contributed by atoms with Crippen molar-refractivity contribution in [2.75, 3.05) is 13.2 Å². The molecule has 6 nitrogen and oxygen atoms in total. The average molecular weight is 469 g/mol. The first-order valence-corrected chi connectivity index (χ1v) is 12.0. The van der Waals surface area contributed by atoms with Gasteiger partial charge < -0.3 is 10.1 Å². The van der Waals surface area contributed by atoms with Gasteiger partial charge in [-0.05, 0) is 49.7 Å². The first kappa shape index (κ1) is 22.9. The number of benzene rings is 3. The van der Waals surface area contributed by atoms with Gasteiger partial charge in [-0.1, -0.05) is 35.9 Å². The molecule has 1 aliphatic rings. The minimum absolute atomic E-state index is 0.0479. The fraction of sp³-hybridized carbons (Fsp3) is 0.240. The molecular weight excluding hydrogens is 443 g/mol. The molecule has 0 fully saturated rings. The minimum atomic E-state index is -3.75.